The normalized spacial score (nSPS) is 13.6. The van der Waals surface area contributed by atoms with Gasteiger partial charge in [-0.1, -0.05) is 30.0 Å². The van der Waals surface area contributed by atoms with E-state index in [9.17, 15) is 14.0 Å². The predicted octanol–water partition coefficient (Wildman–Crippen LogP) is 1.92. The zero-order valence-electron chi connectivity index (χ0n) is 15.1. The molecule has 1 aliphatic rings. The third-order valence-corrected chi connectivity index (χ3v) is 5.34. The molecule has 2 amide bonds. The molecule has 1 fully saturated rings. The van der Waals surface area contributed by atoms with Gasteiger partial charge < -0.3 is 15.2 Å². The Morgan fingerprint density at radius 3 is 2.74 bits per heavy atom. The van der Waals surface area contributed by atoms with Gasteiger partial charge in [-0.05, 0) is 18.9 Å². The first-order valence-electron chi connectivity index (χ1n) is 8.77. The van der Waals surface area contributed by atoms with E-state index >= 15 is 0 Å². The number of rotatable bonds is 9. The van der Waals surface area contributed by atoms with Gasteiger partial charge in [0.25, 0.3) is 0 Å². The number of nitrogens with zero attached hydrogens (tertiary/aromatic N) is 4. The van der Waals surface area contributed by atoms with Crippen LogP contribution in [0.25, 0.3) is 0 Å². The van der Waals surface area contributed by atoms with Gasteiger partial charge in [-0.2, -0.15) is 0 Å². The van der Waals surface area contributed by atoms with Gasteiger partial charge in [0.05, 0.1) is 5.75 Å². The van der Waals surface area contributed by atoms with E-state index in [1.54, 1.807) is 25.2 Å². The van der Waals surface area contributed by atoms with Crippen molar-refractivity contribution in [3.63, 3.8) is 0 Å². The molecule has 0 unspecified atom stereocenters. The van der Waals surface area contributed by atoms with E-state index in [0.29, 0.717) is 23.2 Å². The SMILES string of the molecule is CN(Cc1ccccc1F)C(=O)CSc1nnc(C2CC2)n1CCC(N)=O. The Morgan fingerprint density at radius 2 is 2.07 bits per heavy atom. The molecule has 0 bridgehead atoms. The Morgan fingerprint density at radius 1 is 1.33 bits per heavy atom. The fourth-order valence-electron chi connectivity index (χ4n) is 2.69. The molecule has 0 aliphatic heterocycles. The van der Waals surface area contributed by atoms with Gasteiger partial charge in [-0.25, -0.2) is 4.39 Å². The van der Waals surface area contributed by atoms with Crippen molar-refractivity contribution >= 4 is 23.6 Å². The highest BCUT2D eigenvalue weighted by Gasteiger charge is 2.30. The summed E-state index contributed by atoms with van der Waals surface area (Å²) in [4.78, 5) is 25.0. The van der Waals surface area contributed by atoms with E-state index in [4.69, 9.17) is 5.73 Å². The lowest BCUT2D eigenvalue weighted by atomic mass is 10.2. The minimum absolute atomic E-state index is 0.138. The molecule has 0 saturated heterocycles. The van der Waals surface area contributed by atoms with E-state index in [1.807, 2.05) is 4.57 Å². The van der Waals surface area contributed by atoms with Crippen LogP contribution in [-0.2, 0) is 22.7 Å². The number of thioether (sulfide) groups is 1. The molecule has 0 spiro atoms. The highest BCUT2D eigenvalue weighted by Crippen LogP contribution is 2.40. The van der Waals surface area contributed by atoms with Gasteiger partial charge in [-0.15, -0.1) is 10.2 Å². The summed E-state index contributed by atoms with van der Waals surface area (Å²) in [6.45, 7) is 0.615. The van der Waals surface area contributed by atoms with Crippen LogP contribution in [0.4, 0.5) is 4.39 Å². The van der Waals surface area contributed by atoms with Gasteiger partial charge in [0, 0.05) is 38.0 Å². The molecule has 3 rings (SSSR count). The Balaban J connectivity index is 1.61. The fraction of sp³-hybridized carbons (Fsp3) is 0.444. The summed E-state index contributed by atoms with van der Waals surface area (Å²) < 4.78 is 15.6. The molecule has 1 heterocycles. The largest absolute Gasteiger partial charge is 0.370 e. The van der Waals surface area contributed by atoms with Crippen molar-refractivity contribution in [2.24, 2.45) is 5.73 Å². The van der Waals surface area contributed by atoms with Crippen molar-refractivity contribution in [2.75, 3.05) is 12.8 Å². The molecule has 144 valence electrons. The summed E-state index contributed by atoms with van der Waals surface area (Å²) in [7, 11) is 1.64. The summed E-state index contributed by atoms with van der Waals surface area (Å²) in [5, 5.41) is 9.00. The van der Waals surface area contributed by atoms with Crippen molar-refractivity contribution in [3.05, 3.63) is 41.5 Å². The number of aromatic nitrogens is 3. The Kier molecular flexibility index (Phi) is 6.10. The molecule has 1 aromatic carbocycles. The van der Waals surface area contributed by atoms with E-state index in [-0.39, 0.29) is 36.4 Å². The molecule has 1 aromatic heterocycles. The smallest absolute Gasteiger partial charge is 0.233 e. The number of halogens is 1. The fourth-order valence-corrected chi connectivity index (χ4v) is 3.60. The second kappa shape index (κ2) is 8.51. The third kappa shape index (κ3) is 5.06. The Bertz CT molecular complexity index is 837. The maximum Gasteiger partial charge on any atom is 0.233 e. The van der Waals surface area contributed by atoms with E-state index in [2.05, 4.69) is 10.2 Å². The van der Waals surface area contributed by atoms with Crippen LogP contribution in [0.3, 0.4) is 0 Å². The standard InChI is InChI=1S/C18H22FN5O2S/c1-23(10-13-4-2-3-5-14(13)19)16(26)11-27-18-22-21-17(12-6-7-12)24(18)9-8-15(20)25/h2-5,12H,6-11H2,1H3,(H2,20,25). The quantitative estimate of drug-likeness (QED) is 0.659. The average Bonchev–Trinajstić information content (AvgIpc) is 3.40. The molecule has 9 heteroatoms. The number of hydrogen-bond acceptors (Lipinski definition) is 5. The molecule has 2 N–H and O–H groups in total. The number of benzene rings is 1. The molecular weight excluding hydrogens is 369 g/mol. The van der Waals surface area contributed by atoms with Crippen molar-refractivity contribution < 1.29 is 14.0 Å². The number of primary amides is 1. The van der Waals surface area contributed by atoms with Crippen LogP contribution < -0.4 is 5.73 Å². The van der Waals surface area contributed by atoms with Crippen LogP contribution in [0.15, 0.2) is 29.4 Å². The number of hydrogen-bond donors (Lipinski definition) is 1. The van der Waals surface area contributed by atoms with Crippen LogP contribution in [0.2, 0.25) is 0 Å². The van der Waals surface area contributed by atoms with Gasteiger partial charge in [-0.3, -0.25) is 9.59 Å². The number of amides is 2. The van der Waals surface area contributed by atoms with Gasteiger partial charge in [0.1, 0.15) is 11.6 Å². The molecule has 7 nitrogen and oxygen atoms in total. The van der Waals surface area contributed by atoms with Crippen molar-refractivity contribution in [1.82, 2.24) is 19.7 Å². The number of carbonyl (C=O) groups excluding carboxylic acids is 2. The lowest BCUT2D eigenvalue weighted by Gasteiger charge is -2.17. The zero-order valence-corrected chi connectivity index (χ0v) is 15.9. The van der Waals surface area contributed by atoms with Crippen LogP contribution in [0, 0.1) is 5.82 Å². The summed E-state index contributed by atoms with van der Waals surface area (Å²) in [5.74, 6) is 0.530. The second-order valence-electron chi connectivity index (χ2n) is 6.61. The third-order valence-electron chi connectivity index (χ3n) is 4.39. The minimum Gasteiger partial charge on any atom is -0.370 e. The van der Waals surface area contributed by atoms with Crippen LogP contribution in [-0.4, -0.2) is 44.3 Å². The van der Waals surface area contributed by atoms with Crippen LogP contribution in [0.5, 0.6) is 0 Å². The number of nitrogens with two attached hydrogens (primary N) is 1. The minimum atomic E-state index is -0.387. The van der Waals surface area contributed by atoms with Gasteiger partial charge in [0.2, 0.25) is 11.8 Å². The van der Waals surface area contributed by atoms with Gasteiger partial charge in [0.15, 0.2) is 5.16 Å². The lowest BCUT2D eigenvalue weighted by Crippen LogP contribution is -2.28. The monoisotopic (exact) mass is 391 g/mol. The first kappa shape index (κ1) is 19.3. The van der Waals surface area contributed by atoms with Crippen molar-refractivity contribution in [3.8, 4) is 0 Å². The van der Waals surface area contributed by atoms with E-state index < -0.39 is 0 Å². The average molecular weight is 391 g/mol. The molecule has 1 aliphatic carbocycles. The first-order chi connectivity index (χ1) is 13.0. The van der Waals surface area contributed by atoms with Crippen LogP contribution in [0.1, 0.15) is 36.6 Å². The number of carbonyl (C=O) groups is 2. The summed E-state index contributed by atoms with van der Waals surface area (Å²) in [6, 6.07) is 6.40. The van der Waals surface area contributed by atoms with Crippen molar-refractivity contribution in [1.29, 1.82) is 0 Å². The molecular formula is C18H22FN5O2S. The van der Waals surface area contributed by atoms with Crippen molar-refractivity contribution in [2.45, 2.75) is 43.4 Å². The second-order valence-corrected chi connectivity index (χ2v) is 7.56. The molecule has 0 radical (unpaired) electrons. The van der Waals surface area contributed by atoms with E-state index in [0.717, 1.165) is 18.7 Å². The van der Waals surface area contributed by atoms with E-state index in [1.165, 1.54) is 22.7 Å². The topological polar surface area (TPSA) is 94.1 Å². The molecule has 1 saturated carbocycles. The summed E-state index contributed by atoms with van der Waals surface area (Å²) in [6.07, 6.45) is 2.32. The highest BCUT2D eigenvalue weighted by atomic mass is 32.2. The predicted molar refractivity (Wildman–Crippen MR) is 99.4 cm³/mol. The Hall–Kier alpha value is -2.42. The zero-order chi connectivity index (χ0) is 19.4. The first-order valence-corrected chi connectivity index (χ1v) is 9.76. The lowest BCUT2D eigenvalue weighted by molar-refractivity contribution is -0.127. The Labute approximate surface area is 161 Å². The highest BCUT2D eigenvalue weighted by molar-refractivity contribution is 7.99. The summed E-state index contributed by atoms with van der Waals surface area (Å²) >= 11 is 1.27. The summed E-state index contributed by atoms with van der Waals surface area (Å²) in [5.41, 5.74) is 5.73. The molecule has 0 atom stereocenters. The van der Waals surface area contributed by atoms with Gasteiger partial charge >= 0.3 is 0 Å². The molecule has 27 heavy (non-hydrogen) atoms. The molecule has 2 aromatic rings. The van der Waals surface area contributed by atoms with Crippen LogP contribution >= 0.6 is 11.8 Å². The maximum absolute atomic E-state index is 13.7. The maximum atomic E-state index is 13.7.